The fourth-order valence-corrected chi connectivity index (χ4v) is 5.42. The Labute approximate surface area is 209 Å². The molecule has 3 atom stereocenters. The third-order valence-electron chi connectivity index (χ3n) is 7.44. The number of esters is 1. The van der Waals surface area contributed by atoms with Crippen molar-refractivity contribution in [1.82, 2.24) is 10.3 Å². The maximum absolute atomic E-state index is 13.2. The van der Waals surface area contributed by atoms with E-state index in [2.05, 4.69) is 10.3 Å². The van der Waals surface area contributed by atoms with Crippen LogP contribution in [0.5, 0.6) is 0 Å². The average molecular weight is 499 g/mol. The summed E-state index contributed by atoms with van der Waals surface area (Å²) in [5, 5.41) is 12.7. The second-order valence-corrected chi connectivity index (χ2v) is 9.90. The minimum Gasteiger partial charge on any atom is -0.477 e. The van der Waals surface area contributed by atoms with Crippen molar-refractivity contribution in [3.8, 4) is 0 Å². The first kappa shape index (κ1) is 25.7. The minimum atomic E-state index is -1.06. The van der Waals surface area contributed by atoms with E-state index in [1.54, 1.807) is 29.2 Å². The summed E-state index contributed by atoms with van der Waals surface area (Å²) < 4.78 is 4.90. The van der Waals surface area contributed by atoms with Crippen LogP contribution in [-0.4, -0.2) is 59.6 Å². The highest BCUT2D eigenvalue weighted by molar-refractivity contribution is 6.00. The topological polar surface area (TPSA) is 155 Å². The van der Waals surface area contributed by atoms with E-state index in [4.69, 9.17) is 10.5 Å². The number of nitrogens with zero attached hydrogens (tertiary/aromatic N) is 1. The Morgan fingerprint density at radius 1 is 1.17 bits per heavy atom. The summed E-state index contributed by atoms with van der Waals surface area (Å²) in [5.74, 6) is -2.27. The van der Waals surface area contributed by atoms with Crippen molar-refractivity contribution in [1.29, 1.82) is 0 Å². The fraction of sp³-hybridized carbons (Fsp3) is 0.538. The van der Waals surface area contributed by atoms with Crippen LogP contribution in [-0.2, 0) is 19.1 Å². The van der Waals surface area contributed by atoms with E-state index in [0.29, 0.717) is 36.5 Å². The van der Waals surface area contributed by atoms with Crippen molar-refractivity contribution < 1.29 is 29.0 Å². The number of nitrogens with one attached hydrogen (secondary N) is 2. The third kappa shape index (κ3) is 5.70. The number of fused-ring (bicyclic) bond motifs is 1. The zero-order valence-corrected chi connectivity index (χ0v) is 20.5. The Hall–Kier alpha value is -3.40. The van der Waals surface area contributed by atoms with Gasteiger partial charge in [0.1, 0.15) is 11.7 Å². The van der Waals surface area contributed by atoms with Gasteiger partial charge in [-0.1, -0.05) is 38.2 Å². The van der Waals surface area contributed by atoms with Crippen molar-refractivity contribution in [3.05, 3.63) is 30.0 Å². The molecule has 10 nitrogen and oxygen atoms in total. The van der Waals surface area contributed by atoms with Gasteiger partial charge in [0.05, 0.1) is 13.2 Å². The molecule has 5 N–H and O–H groups in total. The predicted molar refractivity (Wildman–Crippen MR) is 133 cm³/mol. The van der Waals surface area contributed by atoms with Crippen LogP contribution >= 0.6 is 0 Å². The minimum absolute atomic E-state index is 0.0751. The Morgan fingerprint density at radius 2 is 1.92 bits per heavy atom. The lowest BCUT2D eigenvalue weighted by Crippen LogP contribution is -2.50. The number of methoxy groups -OCH3 is 1. The number of rotatable bonds is 9. The zero-order valence-electron chi connectivity index (χ0n) is 20.5. The number of aromatic nitrogens is 1. The molecule has 1 aromatic heterocycles. The van der Waals surface area contributed by atoms with Crippen LogP contribution in [0, 0.1) is 11.8 Å². The van der Waals surface area contributed by atoms with Crippen LogP contribution in [0.25, 0.3) is 10.9 Å². The van der Waals surface area contributed by atoms with E-state index in [-0.39, 0.29) is 18.0 Å². The molecule has 2 heterocycles. The molecule has 1 aromatic carbocycles. The molecule has 2 aliphatic rings. The lowest BCUT2D eigenvalue weighted by Gasteiger charge is -2.26. The molecule has 1 saturated heterocycles. The number of carboxylic acid groups (broad SMARTS) is 1. The number of carbonyl (C=O) groups is 4. The number of hydrogen-bond acceptors (Lipinski definition) is 6. The molecule has 2 fully saturated rings. The maximum Gasteiger partial charge on any atom is 0.352 e. The Kier molecular flexibility index (Phi) is 7.93. The molecular formula is C26H34N4O6. The molecule has 4 rings (SSSR count). The standard InChI is InChI=1S/C26H34N4O6/c1-36-26(35)22(29-23(31)19(27)11-15-5-3-2-4-6-15)13-17-9-10-30(24(17)32)18-8-7-16-12-21(25(33)34)28-20(16)14-18/h7-8,12,14-15,17,19,22,28H,2-6,9-11,13,27H2,1H3,(H,29,31)(H,33,34)/t17-,19-,22-/m0/s1. The summed E-state index contributed by atoms with van der Waals surface area (Å²) in [6.07, 6.45) is 6.89. The molecule has 0 spiro atoms. The van der Waals surface area contributed by atoms with Gasteiger partial charge in [0.15, 0.2) is 0 Å². The van der Waals surface area contributed by atoms with E-state index in [9.17, 15) is 24.3 Å². The molecule has 0 bridgehead atoms. The number of nitrogens with two attached hydrogens (primary N) is 1. The number of H-pyrrole nitrogens is 1. The summed E-state index contributed by atoms with van der Waals surface area (Å²) in [7, 11) is 1.25. The van der Waals surface area contributed by atoms with Crippen LogP contribution in [0.3, 0.4) is 0 Å². The first-order valence-electron chi connectivity index (χ1n) is 12.6. The van der Waals surface area contributed by atoms with Gasteiger partial charge in [-0.3, -0.25) is 9.59 Å². The summed E-state index contributed by atoms with van der Waals surface area (Å²) in [4.78, 5) is 54.2. The number of hydrogen-bond donors (Lipinski definition) is 4. The number of carbonyl (C=O) groups excluding carboxylic acids is 3. The number of aromatic carboxylic acids is 1. The van der Waals surface area contributed by atoms with E-state index in [0.717, 1.165) is 31.1 Å². The first-order valence-corrected chi connectivity index (χ1v) is 12.6. The van der Waals surface area contributed by atoms with E-state index in [1.807, 2.05) is 0 Å². The van der Waals surface area contributed by atoms with Crippen molar-refractivity contribution in [2.75, 3.05) is 18.6 Å². The van der Waals surface area contributed by atoms with Crippen LogP contribution in [0.15, 0.2) is 24.3 Å². The van der Waals surface area contributed by atoms with Gasteiger partial charge in [0.25, 0.3) is 0 Å². The average Bonchev–Trinajstić information content (AvgIpc) is 3.46. The van der Waals surface area contributed by atoms with Crippen molar-refractivity contribution in [2.45, 2.75) is 63.5 Å². The van der Waals surface area contributed by atoms with Crippen LogP contribution in [0.2, 0.25) is 0 Å². The van der Waals surface area contributed by atoms with Gasteiger partial charge < -0.3 is 30.8 Å². The summed E-state index contributed by atoms with van der Waals surface area (Å²) >= 11 is 0. The van der Waals surface area contributed by atoms with Gasteiger partial charge in [-0.25, -0.2) is 9.59 Å². The second-order valence-electron chi connectivity index (χ2n) is 9.90. The Bertz CT molecular complexity index is 1140. The fourth-order valence-electron chi connectivity index (χ4n) is 5.42. The Morgan fingerprint density at radius 3 is 2.61 bits per heavy atom. The van der Waals surface area contributed by atoms with E-state index >= 15 is 0 Å². The zero-order chi connectivity index (χ0) is 25.8. The number of anilines is 1. The highest BCUT2D eigenvalue weighted by Gasteiger charge is 2.37. The van der Waals surface area contributed by atoms with Gasteiger partial charge in [-0.05, 0) is 43.4 Å². The second kappa shape index (κ2) is 11.1. The predicted octanol–water partition coefficient (Wildman–Crippen LogP) is 2.56. The number of amides is 2. The highest BCUT2D eigenvalue weighted by Crippen LogP contribution is 2.31. The van der Waals surface area contributed by atoms with Crippen LogP contribution in [0.1, 0.15) is 61.9 Å². The number of ether oxygens (including phenoxy) is 1. The van der Waals surface area contributed by atoms with Gasteiger partial charge >= 0.3 is 11.9 Å². The maximum atomic E-state index is 13.2. The molecule has 1 saturated carbocycles. The van der Waals surface area contributed by atoms with E-state index in [1.165, 1.54) is 13.5 Å². The monoisotopic (exact) mass is 498 g/mol. The molecule has 194 valence electrons. The van der Waals surface area contributed by atoms with Crippen LogP contribution < -0.4 is 16.0 Å². The Balaban J connectivity index is 1.40. The summed E-state index contributed by atoms with van der Waals surface area (Å²) in [5.41, 5.74) is 7.49. The number of aromatic amines is 1. The molecule has 1 aliphatic heterocycles. The smallest absolute Gasteiger partial charge is 0.352 e. The van der Waals surface area contributed by atoms with Gasteiger partial charge in [-0.2, -0.15) is 0 Å². The van der Waals surface area contributed by atoms with Crippen molar-refractivity contribution >= 4 is 40.3 Å². The molecule has 1 aliphatic carbocycles. The summed E-state index contributed by atoms with van der Waals surface area (Å²) in [6.45, 7) is 0.449. The summed E-state index contributed by atoms with van der Waals surface area (Å²) in [6, 6.07) is 5.15. The quantitative estimate of drug-likeness (QED) is 0.387. The molecule has 2 aromatic rings. The molecule has 2 amide bonds. The molecule has 10 heteroatoms. The molecule has 36 heavy (non-hydrogen) atoms. The van der Waals surface area contributed by atoms with Gasteiger partial charge in [-0.15, -0.1) is 0 Å². The first-order chi connectivity index (χ1) is 17.3. The number of benzene rings is 1. The number of carboxylic acids is 1. The molecule has 0 unspecified atom stereocenters. The lowest BCUT2D eigenvalue weighted by atomic mass is 9.85. The lowest BCUT2D eigenvalue weighted by molar-refractivity contribution is -0.146. The van der Waals surface area contributed by atoms with Crippen LogP contribution in [0.4, 0.5) is 5.69 Å². The normalized spacial score (nSPS) is 20.3. The van der Waals surface area contributed by atoms with E-state index < -0.39 is 35.8 Å². The van der Waals surface area contributed by atoms with Gasteiger partial charge in [0, 0.05) is 29.1 Å². The molecule has 0 radical (unpaired) electrons. The van der Waals surface area contributed by atoms with Gasteiger partial charge in [0.2, 0.25) is 11.8 Å². The largest absolute Gasteiger partial charge is 0.477 e. The van der Waals surface area contributed by atoms with Crippen molar-refractivity contribution in [3.63, 3.8) is 0 Å². The highest BCUT2D eigenvalue weighted by atomic mass is 16.5. The third-order valence-corrected chi connectivity index (χ3v) is 7.44. The SMILES string of the molecule is COC(=O)[C@H](C[C@@H]1CCN(c2ccc3cc(C(=O)O)[nH]c3c2)C1=O)NC(=O)[C@@H](N)CC1CCCCC1. The molecular weight excluding hydrogens is 464 g/mol. The van der Waals surface area contributed by atoms with Crippen molar-refractivity contribution in [2.24, 2.45) is 17.6 Å².